The van der Waals surface area contributed by atoms with Crippen molar-refractivity contribution in [2.24, 2.45) is 0 Å². The minimum atomic E-state index is -1.18. The number of allylic oxidation sites excluding steroid dienone is 1. The maximum Gasteiger partial charge on any atom is 0.156 e. The van der Waals surface area contributed by atoms with Crippen LogP contribution in [0.4, 0.5) is 5.82 Å². The van der Waals surface area contributed by atoms with Crippen LogP contribution in [0, 0.1) is 11.3 Å². The molecule has 0 fully saturated rings. The quantitative estimate of drug-likeness (QED) is 0.202. The van der Waals surface area contributed by atoms with Gasteiger partial charge in [0, 0.05) is 33.6 Å². The highest BCUT2D eigenvalue weighted by atomic mass is 35.5. The second-order valence-corrected chi connectivity index (χ2v) is 13.5. The Kier molecular flexibility index (Phi) is 7.63. The Bertz CT molecular complexity index is 883. The average Bonchev–Trinajstić information content (AvgIpc) is 3.07. The van der Waals surface area contributed by atoms with Gasteiger partial charge >= 0.3 is 0 Å². The van der Waals surface area contributed by atoms with Gasteiger partial charge in [-0.3, -0.25) is 0 Å². The van der Waals surface area contributed by atoms with Gasteiger partial charge in [0.05, 0.1) is 5.56 Å². The zero-order valence-corrected chi connectivity index (χ0v) is 18.4. The van der Waals surface area contributed by atoms with Crippen LogP contribution in [0.5, 0.6) is 0 Å². The molecule has 0 atom stereocenters. The lowest BCUT2D eigenvalue weighted by Crippen LogP contribution is -2.22. The van der Waals surface area contributed by atoms with Crippen LogP contribution in [0.1, 0.15) is 18.3 Å². The van der Waals surface area contributed by atoms with Gasteiger partial charge in [-0.2, -0.15) is 5.26 Å². The second-order valence-electron chi connectivity index (χ2n) is 7.46. The number of nitriles is 1. The van der Waals surface area contributed by atoms with Gasteiger partial charge in [-0.1, -0.05) is 31.2 Å². The fourth-order valence-corrected chi connectivity index (χ4v) is 3.36. The standard InChI is InChI=1S/C19H26ClN5O2Si/c1-5-22-18-14(6-7-16(20)24-18)17(26)15(12-21)19-23-8-9-25(19)13-27-10-11-28(2,3)4/h6-9,26H,5,10-11,13H2,1-4H3,(H,22,24). The number of aliphatic hydroxyl groups excluding tert-OH is 1. The molecular weight excluding hydrogens is 394 g/mol. The van der Waals surface area contributed by atoms with Crippen molar-refractivity contribution in [1.29, 1.82) is 5.26 Å². The maximum atomic E-state index is 10.8. The molecule has 0 saturated carbocycles. The number of imidazole rings is 1. The van der Waals surface area contributed by atoms with Crippen molar-refractivity contribution in [3.63, 3.8) is 0 Å². The molecule has 7 nitrogen and oxygen atoms in total. The number of aromatic nitrogens is 3. The molecule has 0 aliphatic rings. The zero-order valence-electron chi connectivity index (χ0n) is 16.7. The summed E-state index contributed by atoms with van der Waals surface area (Å²) >= 11 is 5.95. The van der Waals surface area contributed by atoms with Crippen LogP contribution in [-0.4, -0.2) is 40.9 Å². The van der Waals surface area contributed by atoms with E-state index in [1.54, 1.807) is 29.1 Å². The molecule has 0 saturated heterocycles. The minimum Gasteiger partial charge on any atom is -0.506 e. The van der Waals surface area contributed by atoms with Crippen LogP contribution in [0.2, 0.25) is 30.8 Å². The predicted octanol–water partition coefficient (Wildman–Crippen LogP) is 4.63. The van der Waals surface area contributed by atoms with Crippen LogP contribution in [-0.2, 0) is 11.5 Å². The molecule has 0 aliphatic heterocycles. The van der Waals surface area contributed by atoms with Gasteiger partial charge in [0.25, 0.3) is 0 Å². The molecule has 28 heavy (non-hydrogen) atoms. The lowest BCUT2D eigenvalue weighted by atomic mass is 10.1. The molecule has 0 unspecified atom stereocenters. The van der Waals surface area contributed by atoms with Crippen molar-refractivity contribution in [3.05, 3.63) is 41.1 Å². The third-order valence-corrected chi connectivity index (χ3v) is 5.89. The summed E-state index contributed by atoms with van der Waals surface area (Å²) in [4.78, 5) is 8.43. The summed E-state index contributed by atoms with van der Waals surface area (Å²) in [5.41, 5.74) is 0.430. The average molecular weight is 420 g/mol. The number of ether oxygens (including phenoxy) is 1. The Morgan fingerprint density at radius 1 is 1.39 bits per heavy atom. The van der Waals surface area contributed by atoms with E-state index in [-0.39, 0.29) is 18.1 Å². The minimum absolute atomic E-state index is 0.0436. The maximum absolute atomic E-state index is 10.8. The number of hydrogen-bond donors (Lipinski definition) is 2. The first-order chi connectivity index (χ1) is 13.3. The van der Waals surface area contributed by atoms with Gasteiger partial charge in [0.2, 0.25) is 0 Å². The molecule has 2 N–H and O–H groups in total. The van der Waals surface area contributed by atoms with Crippen LogP contribution < -0.4 is 5.32 Å². The van der Waals surface area contributed by atoms with E-state index in [1.165, 1.54) is 0 Å². The molecule has 0 radical (unpaired) electrons. The van der Waals surface area contributed by atoms with E-state index in [4.69, 9.17) is 16.3 Å². The summed E-state index contributed by atoms with van der Waals surface area (Å²) in [5, 5.41) is 23.8. The Morgan fingerprint density at radius 3 is 2.79 bits per heavy atom. The van der Waals surface area contributed by atoms with Gasteiger partial charge < -0.3 is 19.7 Å². The number of anilines is 1. The molecule has 0 bridgehead atoms. The molecular formula is C19H26ClN5O2Si. The number of hydrogen-bond acceptors (Lipinski definition) is 6. The molecule has 2 aromatic heterocycles. The molecule has 2 heterocycles. The van der Waals surface area contributed by atoms with E-state index < -0.39 is 8.07 Å². The van der Waals surface area contributed by atoms with Gasteiger partial charge in [0.1, 0.15) is 35.1 Å². The van der Waals surface area contributed by atoms with E-state index in [0.717, 1.165) is 6.04 Å². The lowest BCUT2D eigenvalue weighted by Gasteiger charge is -2.16. The number of nitrogens with one attached hydrogen (secondary N) is 1. The van der Waals surface area contributed by atoms with Crippen molar-refractivity contribution in [3.8, 4) is 6.07 Å². The van der Waals surface area contributed by atoms with Gasteiger partial charge in [-0.15, -0.1) is 0 Å². The third-order valence-electron chi connectivity index (χ3n) is 3.98. The summed E-state index contributed by atoms with van der Waals surface area (Å²) in [6, 6.07) is 6.29. The normalized spacial score (nSPS) is 12.4. The van der Waals surface area contributed by atoms with Crippen LogP contribution in [0.15, 0.2) is 24.5 Å². The van der Waals surface area contributed by atoms with Gasteiger partial charge in [-0.05, 0) is 25.1 Å². The van der Waals surface area contributed by atoms with E-state index >= 15 is 0 Å². The SMILES string of the molecule is CCNc1nc(Cl)ccc1C(O)=C(C#N)c1nccn1COCC[Si](C)(C)C. The van der Waals surface area contributed by atoms with Gasteiger partial charge in [-0.25, -0.2) is 9.97 Å². The lowest BCUT2D eigenvalue weighted by molar-refractivity contribution is 0.0866. The molecule has 150 valence electrons. The zero-order chi connectivity index (χ0) is 20.7. The molecule has 0 amide bonds. The summed E-state index contributed by atoms with van der Waals surface area (Å²) in [7, 11) is -1.18. The van der Waals surface area contributed by atoms with Crippen molar-refractivity contribution >= 4 is 36.8 Å². The van der Waals surface area contributed by atoms with Crippen molar-refractivity contribution in [1.82, 2.24) is 14.5 Å². The number of nitrogens with zero attached hydrogens (tertiary/aromatic N) is 4. The highest BCUT2D eigenvalue weighted by molar-refractivity contribution is 6.76. The van der Waals surface area contributed by atoms with Crippen molar-refractivity contribution in [2.45, 2.75) is 39.3 Å². The second kappa shape index (κ2) is 9.73. The van der Waals surface area contributed by atoms with E-state index in [0.29, 0.717) is 35.5 Å². The monoisotopic (exact) mass is 419 g/mol. The van der Waals surface area contributed by atoms with Crippen molar-refractivity contribution < 1.29 is 9.84 Å². The van der Waals surface area contributed by atoms with Crippen LogP contribution in [0.3, 0.4) is 0 Å². The smallest absolute Gasteiger partial charge is 0.156 e. The summed E-state index contributed by atoms with van der Waals surface area (Å²) in [6.45, 7) is 10.3. The van der Waals surface area contributed by atoms with Gasteiger partial charge in [0.15, 0.2) is 5.82 Å². The Balaban J connectivity index is 2.31. The Hall–Kier alpha value is -2.34. The van der Waals surface area contributed by atoms with E-state index in [1.807, 2.05) is 6.92 Å². The molecule has 0 aromatic carbocycles. The van der Waals surface area contributed by atoms with Crippen molar-refractivity contribution in [2.75, 3.05) is 18.5 Å². The topological polar surface area (TPSA) is 96.0 Å². The number of rotatable bonds is 9. The summed E-state index contributed by atoms with van der Waals surface area (Å²) < 4.78 is 7.46. The first kappa shape index (κ1) is 22.0. The number of halogens is 1. The number of pyridine rings is 1. The highest BCUT2D eigenvalue weighted by Gasteiger charge is 2.19. The molecule has 9 heteroatoms. The molecule has 0 spiro atoms. The molecule has 0 aliphatic carbocycles. The summed E-state index contributed by atoms with van der Waals surface area (Å²) in [6.07, 6.45) is 3.30. The fourth-order valence-electron chi connectivity index (χ4n) is 2.45. The van der Waals surface area contributed by atoms with Crippen LogP contribution in [0.25, 0.3) is 11.3 Å². The Labute approximate surface area is 171 Å². The Morgan fingerprint density at radius 2 is 2.14 bits per heavy atom. The predicted molar refractivity (Wildman–Crippen MR) is 115 cm³/mol. The largest absolute Gasteiger partial charge is 0.506 e. The molecule has 2 rings (SSSR count). The van der Waals surface area contributed by atoms with E-state index in [9.17, 15) is 10.4 Å². The molecule has 2 aromatic rings. The number of aliphatic hydroxyl groups is 1. The third kappa shape index (κ3) is 5.83. The fraction of sp³-hybridized carbons (Fsp3) is 0.421. The summed E-state index contributed by atoms with van der Waals surface area (Å²) in [5.74, 6) is 0.535. The first-order valence-electron chi connectivity index (χ1n) is 9.10. The van der Waals surface area contributed by atoms with Crippen LogP contribution >= 0.6 is 11.6 Å². The highest BCUT2D eigenvalue weighted by Crippen LogP contribution is 2.28. The first-order valence-corrected chi connectivity index (χ1v) is 13.2. The van der Waals surface area contributed by atoms with E-state index in [2.05, 4.69) is 41.0 Å².